The van der Waals surface area contributed by atoms with Gasteiger partial charge < -0.3 is 82.0 Å². The molecule has 4 N–H and O–H groups in total. The second-order valence-electron chi connectivity index (χ2n) is 23.5. The van der Waals surface area contributed by atoms with Gasteiger partial charge >= 0.3 is 0 Å². The lowest BCUT2D eigenvalue weighted by atomic mass is 9.95. The molecule has 1 saturated carbocycles. The first kappa shape index (κ1) is 62.5. The molecule has 17 heteroatoms. The molecule has 0 unspecified atom stereocenters. The molecule has 0 spiro atoms. The minimum absolute atomic E-state index is 0.0302. The summed E-state index contributed by atoms with van der Waals surface area (Å²) < 4.78 is 88.2. The van der Waals surface area contributed by atoms with Gasteiger partial charge in [-0.05, 0) is 85.2 Å². The van der Waals surface area contributed by atoms with Gasteiger partial charge in [0.15, 0.2) is 25.2 Å². The van der Waals surface area contributed by atoms with E-state index in [1.807, 2.05) is 152 Å². The summed E-state index contributed by atoms with van der Waals surface area (Å²) in [5, 5.41) is 51.2. The van der Waals surface area contributed by atoms with Gasteiger partial charge in [-0.1, -0.05) is 177 Å². The van der Waals surface area contributed by atoms with Crippen LogP contribution in [0.2, 0.25) is 0 Å². The number of aliphatic hydroxyl groups is 4. The van der Waals surface area contributed by atoms with E-state index in [1.165, 1.54) is 0 Å². The Morgan fingerprint density at radius 2 is 0.616 bits per heavy atom. The highest BCUT2D eigenvalue weighted by Gasteiger charge is 2.57. The topological polar surface area (TPSA) is 201 Å². The van der Waals surface area contributed by atoms with E-state index in [9.17, 15) is 20.4 Å². The molecular weight excluding hydrogens is 1100 g/mol. The predicted octanol–water partition coefficient (Wildman–Crippen LogP) is 8.99. The van der Waals surface area contributed by atoms with E-state index in [2.05, 4.69) is 12.1 Å². The molecule has 11 rings (SSSR count). The average Bonchev–Trinajstić information content (AvgIpc) is 1.30. The van der Waals surface area contributed by atoms with Gasteiger partial charge in [0.05, 0.1) is 63.6 Å². The van der Waals surface area contributed by atoms with E-state index in [1.54, 1.807) is 27.7 Å². The standard InChI is InChI=1S/C69H84O17/c1-42-54(70)58(74-41-50-34-35-51-30-20-21-31-52(51)36-50)62(75-37-46-22-10-5-11-23-46)67(80-42)84-60-56(72)44(3)82-69(64(60)77-39-48-26-14-7-15-27-48)86-61-57(73)45(4)81-68(65(61)78-40-49-28-16-8-17-29-49)85-59-55(71)43(2)79-66(83-53-32-18-9-19-33-53)63(59)76-38-47-24-12-6-13-25-47/h5-8,10-17,20-31,34-36,42-45,53-73H,9,18-19,32-33,37-41H2,1-4H3/t42-,43-,44-,45-,54-,55-,56-,57-,58+,59+,60+,61+,62+,63+,64+,65+,66+,67+,68+,69+/m1/s1. The third-order valence-corrected chi connectivity index (χ3v) is 17.2. The van der Waals surface area contributed by atoms with Gasteiger partial charge in [0.2, 0.25) is 0 Å². The molecule has 0 amide bonds. The van der Waals surface area contributed by atoms with Crippen molar-refractivity contribution in [2.24, 2.45) is 0 Å². The smallest absolute Gasteiger partial charge is 0.187 e. The zero-order chi connectivity index (χ0) is 59.5. The van der Waals surface area contributed by atoms with Gasteiger partial charge in [0.1, 0.15) is 73.2 Å². The summed E-state index contributed by atoms with van der Waals surface area (Å²) in [5.74, 6) is 0. The Morgan fingerprint density at radius 1 is 0.314 bits per heavy atom. The summed E-state index contributed by atoms with van der Waals surface area (Å²) in [6.45, 7) is 7.42. The van der Waals surface area contributed by atoms with Crippen LogP contribution in [0.5, 0.6) is 0 Å². The zero-order valence-corrected chi connectivity index (χ0v) is 49.4. The molecule has 5 aliphatic rings. The molecule has 4 saturated heterocycles. The van der Waals surface area contributed by atoms with Crippen molar-refractivity contribution in [2.75, 3.05) is 0 Å². The van der Waals surface area contributed by atoms with Gasteiger partial charge in [-0.3, -0.25) is 0 Å². The Hall–Kier alpha value is -5.10. The number of hydrogen-bond donors (Lipinski definition) is 4. The van der Waals surface area contributed by atoms with Crippen molar-refractivity contribution in [3.8, 4) is 0 Å². The molecule has 6 aromatic carbocycles. The number of rotatable bonds is 23. The average molecular weight is 1190 g/mol. The number of hydrogen-bond acceptors (Lipinski definition) is 17. The number of ether oxygens (including phenoxy) is 13. The van der Waals surface area contributed by atoms with Crippen molar-refractivity contribution in [3.63, 3.8) is 0 Å². The highest BCUT2D eigenvalue weighted by atomic mass is 16.8. The SMILES string of the molecule is C[C@H]1O[C@@H](O[C@H]2[C@H](O)[C@@H](C)O[C@@H](O[C@H]3[C@H](O)[C@@H](C)O[C@@H](O[C@H]4[C@H](O)[C@@H](C)O[C@@H](OC5CCCCC5)[C@H]4OCc4ccccc4)[C@H]3OCc3ccccc3)[C@H]2OCc2ccccc2)[C@@H](OCc2ccccc2)[C@@H](OCc2ccc3ccccc3c2)[C@@H]1O. The second kappa shape index (κ2) is 29.9. The van der Waals surface area contributed by atoms with Crippen molar-refractivity contribution in [3.05, 3.63) is 192 Å². The summed E-state index contributed by atoms with van der Waals surface area (Å²) >= 11 is 0. The van der Waals surface area contributed by atoms with Crippen molar-refractivity contribution in [2.45, 2.75) is 222 Å². The molecule has 0 radical (unpaired) electrons. The van der Waals surface area contributed by atoms with Crippen LogP contribution < -0.4 is 0 Å². The van der Waals surface area contributed by atoms with Gasteiger partial charge in [0.25, 0.3) is 0 Å². The zero-order valence-electron chi connectivity index (χ0n) is 49.4. The number of fused-ring (bicyclic) bond motifs is 1. The molecule has 17 nitrogen and oxygen atoms in total. The fraction of sp³-hybridized carbons (Fsp3) is 0.507. The number of benzene rings is 6. The Kier molecular flexibility index (Phi) is 21.8. The van der Waals surface area contributed by atoms with Crippen LogP contribution in [0.4, 0.5) is 0 Å². The van der Waals surface area contributed by atoms with Crippen molar-refractivity contribution in [1.82, 2.24) is 0 Å². The van der Waals surface area contributed by atoms with Gasteiger partial charge in [-0.15, -0.1) is 0 Å². The first-order valence-electron chi connectivity index (χ1n) is 30.6. The maximum Gasteiger partial charge on any atom is 0.187 e. The maximum atomic E-state index is 12.5. The number of aliphatic hydroxyl groups excluding tert-OH is 4. The Morgan fingerprint density at radius 3 is 1.00 bits per heavy atom. The minimum atomic E-state index is -1.37. The molecule has 20 atom stereocenters. The lowest BCUT2D eigenvalue weighted by Crippen LogP contribution is -2.67. The molecule has 0 aromatic heterocycles. The van der Waals surface area contributed by atoms with Crippen LogP contribution in [0.3, 0.4) is 0 Å². The van der Waals surface area contributed by atoms with Crippen molar-refractivity contribution >= 4 is 10.8 Å². The van der Waals surface area contributed by atoms with Gasteiger partial charge in [-0.25, -0.2) is 0 Å². The Bertz CT molecular complexity index is 2960. The first-order chi connectivity index (χ1) is 41.9. The highest BCUT2D eigenvalue weighted by molar-refractivity contribution is 5.82. The Balaban J connectivity index is 0.912. The lowest BCUT2D eigenvalue weighted by molar-refractivity contribution is -0.395. The van der Waals surface area contributed by atoms with E-state index >= 15 is 0 Å². The fourth-order valence-electron chi connectivity index (χ4n) is 12.2. The third kappa shape index (κ3) is 15.5. The van der Waals surface area contributed by atoms with Gasteiger partial charge in [-0.2, -0.15) is 0 Å². The van der Waals surface area contributed by atoms with E-state index in [4.69, 9.17) is 61.6 Å². The summed E-state index contributed by atoms with van der Waals surface area (Å²) in [6.07, 6.45) is -17.6. The van der Waals surface area contributed by atoms with Crippen LogP contribution in [0, 0.1) is 0 Å². The molecule has 4 aliphatic heterocycles. The van der Waals surface area contributed by atoms with Gasteiger partial charge in [0, 0.05) is 0 Å². The molecular formula is C69H84O17. The van der Waals surface area contributed by atoms with Crippen LogP contribution in [0.1, 0.15) is 87.6 Å². The summed E-state index contributed by atoms with van der Waals surface area (Å²) in [7, 11) is 0. The molecule has 6 aromatic rings. The van der Waals surface area contributed by atoms with Crippen molar-refractivity contribution in [1.29, 1.82) is 0 Å². The normalized spacial score (nSPS) is 34.5. The molecule has 86 heavy (non-hydrogen) atoms. The van der Waals surface area contributed by atoms with Crippen molar-refractivity contribution < 1.29 is 82.0 Å². The van der Waals surface area contributed by atoms with E-state index in [0.29, 0.717) is 0 Å². The van der Waals surface area contributed by atoms with Crippen LogP contribution in [-0.2, 0) is 94.6 Å². The third-order valence-electron chi connectivity index (χ3n) is 17.2. The summed E-state index contributed by atoms with van der Waals surface area (Å²) in [5.41, 5.74) is 4.29. The minimum Gasteiger partial charge on any atom is -0.388 e. The van der Waals surface area contributed by atoms with Crippen LogP contribution >= 0.6 is 0 Å². The summed E-state index contributed by atoms with van der Waals surface area (Å²) in [6, 6.07) is 52.6. The quantitative estimate of drug-likeness (QED) is 0.0473. The predicted molar refractivity (Wildman–Crippen MR) is 317 cm³/mol. The molecule has 1 aliphatic carbocycles. The largest absolute Gasteiger partial charge is 0.388 e. The monoisotopic (exact) mass is 1180 g/mol. The van der Waals surface area contributed by atoms with E-state index in [-0.39, 0.29) is 39.1 Å². The lowest BCUT2D eigenvalue weighted by Gasteiger charge is -2.51. The maximum absolute atomic E-state index is 12.5. The highest BCUT2D eigenvalue weighted by Crippen LogP contribution is 2.39. The molecule has 462 valence electrons. The Labute approximate surface area is 504 Å². The van der Waals surface area contributed by atoms with E-state index in [0.717, 1.165) is 70.7 Å². The first-order valence-corrected chi connectivity index (χ1v) is 30.6. The van der Waals surface area contributed by atoms with E-state index < -0.39 is 123 Å². The van der Waals surface area contributed by atoms with Crippen LogP contribution in [0.15, 0.2) is 164 Å². The molecule has 5 fully saturated rings. The van der Waals surface area contributed by atoms with Crippen LogP contribution in [-0.4, -0.2) is 149 Å². The molecule has 4 heterocycles. The molecule has 0 bridgehead atoms. The summed E-state index contributed by atoms with van der Waals surface area (Å²) in [4.78, 5) is 0. The van der Waals surface area contributed by atoms with Crippen LogP contribution in [0.25, 0.3) is 10.8 Å². The fourth-order valence-corrected chi connectivity index (χ4v) is 12.2. The second-order valence-corrected chi connectivity index (χ2v) is 23.5.